The van der Waals surface area contributed by atoms with Crippen LogP contribution in [0.4, 0.5) is 0 Å². The van der Waals surface area contributed by atoms with E-state index in [2.05, 4.69) is 5.32 Å². The molecule has 1 saturated carbocycles. The molecule has 0 aromatic heterocycles. The third kappa shape index (κ3) is 3.89. The maximum absolute atomic E-state index is 11.5. The highest BCUT2D eigenvalue weighted by Gasteiger charge is 2.23. The lowest BCUT2D eigenvalue weighted by atomic mass is 10.1. The molecule has 0 unspecified atom stereocenters. The van der Waals surface area contributed by atoms with Crippen molar-refractivity contribution < 1.29 is 9.53 Å². The van der Waals surface area contributed by atoms with E-state index in [1.807, 2.05) is 12.1 Å². The molecule has 4 nitrogen and oxygen atoms in total. The fourth-order valence-electron chi connectivity index (χ4n) is 1.62. The number of ether oxygens (including phenoxy) is 1. The first kappa shape index (κ1) is 13.2. The molecule has 0 spiro atoms. The molecule has 0 radical (unpaired) electrons. The minimum absolute atomic E-state index is 0.00640. The lowest BCUT2D eigenvalue weighted by Crippen LogP contribution is -2.30. The second-order valence-electron chi connectivity index (χ2n) is 4.43. The van der Waals surface area contributed by atoms with Crippen LogP contribution >= 0.6 is 11.6 Å². The van der Waals surface area contributed by atoms with E-state index < -0.39 is 0 Å². The smallest absolute Gasteiger partial charge is 0.258 e. The average Bonchev–Trinajstić information content (AvgIpc) is 3.12. The molecule has 98 valence electrons. The molecule has 0 bridgehead atoms. The van der Waals surface area contributed by atoms with E-state index in [0.29, 0.717) is 23.4 Å². The molecule has 1 aliphatic rings. The number of halogens is 1. The lowest BCUT2D eigenvalue weighted by molar-refractivity contribution is -0.123. The first-order valence-corrected chi connectivity index (χ1v) is 6.47. The summed E-state index contributed by atoms with van der Waals surface area (Å²) in [5, 5.41) is 3.37. The van der Waals surface area contributed by atoms with Gasteiger partial charge < -0.3 is 15.8 Å². The normalized spacial score (nSPS) is 14.3. The first-order chi connectivity index (χ1) is 8.69. The van der Waals surface area contributed by atoms with Gasteiger partial charge in [0.2, 0.25) is 0 Å². The van der Waals surface area contributed by atoms with Crippen LogP contribution < -0.4 is 15.8 Å². The molecule has 5 heteroatoms. The minimum atomic E-state index is -0.0976. The van der Waals surface area contributed by atoms with Gasteiger partial charge in [-0.1, -0.05) is 17.7 Å². The molecule has 18 heavy (non-hydrogen) atoms. The second-order valence-corrected chi connectivity index (χ2v) is 4.84. The summed E-state index contributed by atoms with van der Waals surface area (Å²) in [5.74, 6) is 0.433. The number of hydrogen-bond acceptors (Lipinski definition) is 3. The molecule has 0 atom stereocenters. The Labute approximate surface area is 111 Å². The predicted octanol–water partition coefficient (Wildman–Crippen LogP) is 1.50. The van der Waals surface area contributed by atoms with Crippen molar-refractivity contribution in [3.63, 3.8) is 0 Å². The van der Waals surface area contributed by atoms with Gasteiger partial charge in [0, 0.05) is 6.04 Å². The van der Waals surface area contributed by atoms with Gasteiger partial charge in [0.15, 0.2) is 6.61 Å². The van der Waals surface area contributed by atoms with Gasteiger partial charge in [0.25, 0.3) is 5.91 Å². The van der Waals surface area contributed by atoms with Crippen molar-refractivity contribution in [2.75, 3.05) is 13.2 Å². The zero-order chi connectivity index (χ0) is 13.0. The van der Waals surface area contributed by atoms with Crippen LogP contribution in [0.1, 0.15) is 18.4 Å². The number of benzene rings is 1. The Balaban J connectivity index is 1.86. The van der Waals surface area contributed by atoms with Crippen LogP contribution in [0.15, 0.2) is 18.2 Å². The van der Waals surface area contributed by atoms with Crippen LogP contribution in [0.3, 0.4) is 0 Å². The van der Waals surface area contributed by atoms with Crippen LogP contribution in [0, 0.1) is 0 Å². The Morgan fingerprint density at radius 1 is 1.50 bits per heavy atom. The third-order valence-electron chi connectivity index (χ3n) is 2.73. The van der Waals surface area contributed by atoms with Crippen molar-refractivity contribution in [1.29, 1.82) is 0 Å². The number of nitrogens with one attached hydrogen (secondary N) is 1. The van der Waals surface area contributed by atoms with Gasteiger partial charge in [-0.05, 0) is 43.5 Å². The second kappa shape index (κ2) is 6.07. The van der Waals surface area contributed by atoms with Crippen molar-refractivity contribution in [1.82, 2.24) is 5.32 Å². The molecular weight excluding hydrogens is 252 g/mol. The molecule has 1 fully saturated rings. The van der Waals surface area contributed by atoms with Crippen molar-refractivity contribution in [2.24, 2.45) is 5.73 Å². The summed E-state index contributed by atoms with van der Waals surface area (Å²) in [4.78, 5) is 11.5. The van der Waals surface area contributed by atoms with E-state index in [0.717, 1.165) is 24.8 Å². The van der Waals surface area contributed by atoms with Crippen molar-refractivity contribution in [2.45, 2.75) is 25.3 Å². The van der Waals surface area contributed by atoms with Gasteiger partial charge in [-0.15, -0.1) is 0 Å². The van der Waals surface area contributed by atoms with E-state index >= 15 is 0 Å². The molecule has 0 saturated heterocycles. The summed E-state index contributed by atoms with van der Waals surface area (Å²) in [7, 11) is 0. The Bertz CT molecular complexity index is 433. The van der Waals surface area contributed by atoms with E-state index in [-0.39, 0.29) is 12.5 Å². The standard InChI is InChI=1S/C13H17ClN2O2/c14-11-7-9(5-6-15)1-4-12(11)18-8-13(17)16-10-2-3-10/h1,4,7,10H,2-3,5-6,8,15H2,(H,16,17). The molecule has 3 N–H and O–H groups in total. The number of rotatable bonds is 6. The van der Waals surface area contributed by atoms with Gasteiger partial charge in [-0.25, -0.2) is 0 Å². The zero-order valence-corrected chi connectivity index (χ0v) is 10.9. The molecule has 1 aromatic carbocycles. The first-order valence-electron chi connectivity index (χ1n) is 6.09. The summed E-state index contributed by atoms with van der Waals surface area (Å²) in [6, 6.07) is 5.86. The van der Waals surface area contributed by atoms with E-state index in [1.165, 1.54) is 0 Å². The molecule has 1 amide bonds. The highest BCUT2D eigenvalue weighted by Crippen LogP contribution is 2.25. The number of carbonyl (C=O) groups is 1. The topological polar surface area (TPSA) is 64.3 Å². The van der Waals surface area contributed by atoms with Gasteiger partial charge in [-0.2, -0.15) is 0 Å². The van der Waals surface area contributed by atoms with E-state index in [4.69, 9.17) is 22.1 Å². The summed E-state index contributed by atoms with van der Waals surface area (Å²) in [5.41, 5.74) is 6.54. The summed E-state index contributed by atoms with van der Waals surface area (Å²) in [6.07, 6.45) is 2.92. The minimum Gasteiger partial charge on any atom is -0.482 e. The van der Waals surface area contributed by atoms with Gasteiger partial charge in [-0.3, -0.25) is 4.79 Å². The van der Waals surface area contributed by atoms with Crippen molar-refractivity contribution in [3.8, 4) is 5.75 Å². The maximum atomic E-state index is 11.5. The highest BCUT2D eigenvalue weighted by molar-refractivity contribution is 6.32. The lowest BCUT2D eigenvalue weighted by Gasteiger charge is -2.09. The molecular formula is C13H17ClN2O2. The average molecular weight is 269 g/mol. The molecule has 1 aromatic rings. The van der Waals surface area contributed by atoms with Gasteiger partial charge in [0.1, 0.15) is 5.75 Å². The molecule has 0 heterocycles. The van der Waals surface area contributed by atoms with Crippen molar-refractivity contribution >= 4 is 17.5 Å². The molecule has 1 aliphatic carbocycles. The number of nitrogens with two attached hydrogens (primary N) is 1. The Hall–Kier alpha value is -1.26. The van der Waals surface area contributed by atoms with Gasteiger partial charge >= 0.3 is 0 Å². The Morgan fingerprint density at radius 3 is 2.89 bits per heavy atom. The Morgan fingerprint density at radius 2 is 2.28 bits per heavy atom. The summed E-state index contributed by atoms with van der Waals surface area (Å²) < 4.78 is 5.39. The largest absolute Gasteiger partial charge is 0.482 e. The Kier molecular flexibility index (Phi) is 4.44. The fraction of sp³-hybridized carbons (Fsp3) is 0.462. The maximum Gasteiger partial charge on any atom is 0.258 e. The quantitative estimate of drug-likeness (QED) is 0.822. The molecule has 2 rings (SSSR count). The zero-order valence-electron chi connectivity index (χ0n) is 10.1. The number of hydrogen-bond donors (Lipinski definition) is 2. The van der Waals surface area contributed by atoms with Crippen LogP contribution in [0.2, 0.25) is 5.02 Å². The number of amides is 1. The van der Waals surface area contributed by atoms with Crippen LogP contribution in [-0.4, -0.2) is 25.1 Å². The number of carbonyl (C=O) groups excluding carboxylic acids is 1. The SMILES string of the molecule is NCCc1ccc(OCC(=O)NC2CC2)c(Cl)c1. The van der Waals surface area contributed by atoms with Crippen LogP contribution in [0.25, 0.3) is 0 Å². The summed E-state index contributed by atoms with van der Waals surface area (Å²) in [6.45, 7) is 0.590. The third-order valence-corrected chi connectivity index (χ3v) is 3.03. The van der Waals surface area contributed by atoms with Gasteiger partial charge in [0.05, 0.1) is 5.02 Å². The molecule has 0 aliphatic heterocycles. The van der Waals surface area contributed by atoms with E-state index in [1.54, 1.807) is 6.07 Å². The highest BCUT2D eigenvalue weighted by atomic mass is 35.5. The van der Waals surface area contributed by atoms with E-state index in [9.17, 15) is 4.79 Å². The van der Waals surface area contributed by atoms with Crippen molar-refractivity contribution in [3.05, 3.63) is 28.8 Å². The van der Waals surface area contributed by atoms with Crippen LogP contribution in [-0.2, 0) is 11.2 Å². The summed E-state index contributed by atoms with van der Waals surface area (Å²) >= 11 is 6.07. The monoisotopic (exact) mass is 268 g/mol. The van der Waals surface area contributed by atoms with Crippen LogP contribution in [0.5, 0.6) is 5.75 Å². The fourth-order valence-corrected chi connectivity index (χ4v) is 1.88. The predicted molar refractivity (Wildman–Crippen MR) is 70.9 cm³/mol.